The smallest absolute Gasteiger partial charge is 0.449 e. The monoisotopic (exact) mass is 536 g/mol. The van der Waals surface area contributed by atoms with Crippen molar-refractivity contribution in [2.45, 2.75) is 51.4 Å². The van der Waals surface area contributed by atoms with Gasteiger partial charge in [0.25, 0.3) is 5.91 Å². The Morgan fingerprint density at radius 2 is 1.60 bits per heavy atom. The van der Waals surface area contributed by atoms with Crippen LogP contribution in [-0.4, -0.2) is 43.5 Å². The number of ether oxygens (including phenoxy) is 1. The molecule has 0 bridgehead atoms. The van der Waals surface area contributed by atoms with Crippen LogP contribution in [0.15, 0.2) is 72.2 Å². The number of amides is 2. The second kappa shape index (κ2) is 9.95. The third-order valence-corrected chi connectivity index (χ3v) is 8.51. The van der Waals surface area contributed by atoms with Crippen LogP contribution in [0, 0.1) is 0 Å². The Hall–Kier alpha value is -3.88. The Morgan fingerprint density at radius 3 is 2.25 bits per heavy atom. The number of carbonyl (C=O) groups excluding carboxylic acids is 2. The Labute approximate surface area is 235 Å². The Bertz CT molecular complexity index is 1470. The van der Waals surface area contributed by atoms with E-state index in [2.05, 4.69) is 34.9 Å². The fourth-order valence-electron chi connectivity index (χ4n) is 5.55. The van der Waals surface area contributed by atoms with Crippen LogP contribution in [0.1, 0.15) is 66.2 Å². The van der Waals surface area contributed by atoms with Crippen LogP contribution >= 0.6 is 0 Å². The van der Waals surface area contributed by atoms with E-state index in [-0.39, 0.29) is 25.0 Å². The Kier molecular flexibility index (Phi) is 6.55. The van der Waals surface area contributed by atoms with Gasteiger partial charge in [-0.05, 0) is 72.6 Å². The lowest BCUT2D eigenvalue weighted by atomic mass is 9.77. The number of benzene rings is 3. The molecule has 2 heterocycles. The van der Waals surface area contributed by atoms with E-state index in [0.717, 1.165) is 27.7 Å². The van der Waals surface area contributed by atoms with Crippen LogP contribution in [-0.2, 0) is 20.6 Å². The lowest BCUT2D eigenvalue weighted by Crippen LogP contribution is -2.41. The van der Waals surface area contributed by atoms with Crippen molar-refractivity contribution in [1.29, 1.82) is 0 Å². The summed E-state index contributed by atoms with van der Waals surface area (Å²) in [6.45, 7) is 8.89. The fraction of sp³-hybridized carbons (Fsp3) is 0.312. The normalized spacial score (nSPS) is 18.6. The molecule has 40 heavy (non-hydrogen) atoms. The van der Waals surface area contributed by atoms with Crippen molar-refractivity contribution in [2.24, 2.45) is 0 Å². The molecule has 3 aliphatic rings. The maximum Gasteiger partial charge on any atom is 0.492 e. The number of hydrogen-bond acceptors (Lipinski definition) is 5. The molecule has 8 heteroatoms. The molecular formula is C32H33BN2O5. The molecule has 0 atom stereocenters. The molecule has 0 aromatic heterocycles. The molecule has 3 aromatic rings. The zero-order valence-electron chi connectivity index (χ0n) is 23.2. The van der Waals surface area contributed by atoms with Crippen LogP contribution in [0.4, 0.5) is 4.79 Å². The van der Waals surface area contributed by atoms with E-state index >= 15 is 0 Å². The highest BCUT2D eigenvalue weighted by molar-refractivity contribution is 6.56. The molecule has 1 fully saturated rings. The standard InChI is InChI=1S/C32H33BN2O5/c1-31(2)32(3,4)40-33(39-31)22(15-20-13-14-21-17-34-29(36)27(21)16-20)18-35-30(37)38-19-28-25-11-7-5-9-23(25)24-10-6-8-12-26(24)28/h5-16,28H,17-19H2,1-4H3,(H,34,36)(H,35,37). The van der Waals surface area contributed by atoms with Gasteiger partial charge in [0.05, 0.1) is 11.2 Å². The van der Waals surface area contributed by atoms with Gasteiger partial charge < -0.3 is 24.7 Å². The summed E-state index contributed by atoms with van der Waals surface area (Å²) in [6.07, 6.45) is 1.40. The van der Waals surface area contributed by atoms with E-state index in [1.54, 1.807) is 0 Å². The van der Waals surface area contributed by atoms with Crippen LogP contribution in [0.5, 0.6) is 0 Å². The van der Waals surface area contributed by atoms with Crippen molar-refractivity contribution in [1.82, 2.24) is 10.6 Å². The summed E-state index contributed by atoms with van der Waals surface area (Å²) in [5.74, 6) is -0.104. The maximum atomic E-state index is 13.0. The van der Waals surface area contributed by atoms with E-state index in [1.165, 1.54) is 11.1 Å². The minimum atomic E-state index is -0.666. The summed E-state index contributed by atoms with van der Waals surface area (Å²) < 4.78 is 18.4. The first-order chi connectivity index (χ1) is 19.1. The van der Waals surface area contributed by atoms with Gasteiger partial charge >= 0.3 is 13.2 Å². The van der Waals surface area contributed by atoms with Gasteiger partial charge in [-0.2, -0.15) is 0 Å². The lowest BCUT2D eigenvalue weighted by Gasteiger charge is -2.32. The van der Waals surface area contributed by atoms with Crippen LogP contribution in [0.25, 0.3) is 17.2 Å². The van der Waals surface area contributed by atoms with E-state index in [9.17, 15) is 9.59 Å². The molecule has 2 N–H and O–H groups in total. The van der Waals surface area contributed by atoms with E-state index in [4.69, 9.17) is 14.0 Å². The van der Waals surface area contributed by atoms with Gasteiger partial charge in [-0.15, -0.1) is 0 Å². The molecule has 0 unspecified atom stereocenters. The van der Waals surface area contributed by atoms with Gasteiger partial charge in [0.1, 0.15) is 6.61 Å². The molecule has 0 spiro atoms. The summed E-state index contributed by atoms with van der Waals surface area (Å²) >= 11 is 0. The number of carbonyl (C=O) groups is 2. The molecular weight excluding hydrogens is 503 g/mol. The molecule has 7 nitrogen and oxygen atoms in total. The average Bonchev–Trinajstić information content (AvgIpc) is 3.53. The van der Waals surface area contributed by atoms with Crippen molar-refractivity contribution < 1.29 is 23.6 Å². The predicted molar refractivity (Wildman–Crippen MR) is 155 cm³/mol. The quantitative estimate of drug-likeness (QED) is 0.408. The Morgan fingerprint density at radius 1 is 0.975 bits per heavy atom. The lowest BCUT2D eigenvalue weighted by molar-refractivity contribution is 0.00578. The highest BCUT2D eigenvalue weighted by atomic mass is 16.7. The second-order valence-corrected chi connectivity index (χ2v) is 11.6. The van der Waals surface area contributed by atoms with E-state index in [0.29, 0.717) is 12.1 Å². The molecule has 1 aliphatic carbocycles. The third-order valence-electron chi connectivity index (χ3n) is 8.51. The van der Waals surface area contributed by atoms with E-state index in [1.807, 2.05) is 76.2 Å². The molecule has 2 amide bonds. The Balaban J connectivity index is 1.19. The van der Waals surface area contributed by atoms with Crippen LogP contribution in [0.2, 0.25) is 0 Å². The van der Waals surface area contributed by atoms with Gasteiger partial charge in [0, 0.05) is 24.6 Å². The minimum Gasteiger partial charge on any atom is -0.449 e. The van der Waals surface area contributed by atoms with Crippen molar-refractivity contribution >= 4 is 25.2 Å². The highest BCUT2D eigenvalue weighted by Crippen LogP contribution is 2.44. The van der Waals surface area contributed by atoms with Crippen LogP contribution < -0.4 is 10.6 Å². The summed E-state index contributed by atoms with van der Waals surface area (Å²) in [5, 5.41) is 5.75. The molecule has 0 radical (unpaired) electrons. The SMILES string of the molecule is CC1(C)OB(C(=Cc2ccc3c(c2)C(=O)NC3)CNC(=O)OCC2c3ccccc3-c3ccccc32)OC1(C)C. The first-order valence-corrected chi connectivity index (χ1v) is 13.7. The number of rotatable bonds is 6. The number of hydrogen-bond donors (Lipinski definition) is 2. The molecule has 2 aliphatic heterocycles. The van der Waals surface area contributed by atoms with Crippen molar-refractivity contribution in [3.8, 4) is 11.1 Å². The average molecular weight is 536 g/mol. The van der Waals surface area contributed by atoms with Crippen molar-refractivity contribution in [3.63, 3.8) is 0 Å². The van der Waals surface area contributed by atoms with Crippen molar-refractivity contribution in [2.75, 3.05) is 13.2 Å². The fourth-order valence-corrected chi connectivity index (χ4v) is 5.55. The van der Waals surface area contributed by atoms with Gasteiger partial charge in [-0.25, -0.2) is 4.79 Å². The summed E-state index contributed by atoms with van der Waals surface area (Å²) in [5.41, 5.74) is 6.78. The van der Waals surface area contributed by atoms with Crippen molar-refractivity contribution in [3.05, 3.63) is 100 Å². The summed E-state index contributed by atoms with van der Waals surface area (Å²) in [7, 11) is -0.666. The minimum absolute atomic E-state index is 0.0196. The third kappa shape index (κ3) is 4.71. The van der Waals surface area contributed by atoms with Gasteiger partial charge in [0.15, 0.2) is 0 Å². The molecule has 204 valence electrons. The summed E-state index contributed by atoms with van der Waals surface area (Å²) in [6, 6.07) is 22.3. The molecule has 0 saturated carbocycles. The van der Waals surface area contributed by atoms with Gasteiger partial charge in [0.2, 0.25) is 0 Å². The number of alkyl carbamates (subject to hydrolysis) is 1. The molecule has 3 aromatic carbocycles. The molecule has 6 rings (SSSR count). The van der Waals surface area contributed by atoms with Crippen LogP contribution in [0.3, 0.4) is 0 Å². The second-order valence-electron chi connectivity index (χ2n) is 11.6. The number of nitrogens with one attached hydrogen (secondary N) is 2. The summed E-state index contributed by atoms with van der Waals surface area (Å²) in [4.78, 5) is 25.2. The number of fused-ring (bicyclic) bond motifs is 4. The zero-order valence-corrected chi connectivity index (χ0v) is 23.2. The largest absolute Gasteiger partial charge is 0.492 e. The first kappa shape index (κ1) is 26.4. The topological polar surface area (TPSA) is 85.9 Å². The first-order valence-electron chi connectivity index (χ1n) is 13.7. The maximum absolute atomic E-state index is 13.0. The zero-order chi connectivity index (χ0) is 28.1. The van der Waals surface area contributed by atoms with E-state index < -0.39 is 24.4 Å². The van der Waals surface area contributed by atoms with Gasteiger partial charge in [-0.1, -0.05) is 66.7 Å². The predicted octanol–water partition coefficient (Wildman–Crippen LogP) is 5.48. The highest BCUT2D eigenvalue weighted by Gasteiger charge is 2.52. The van der Waals surface area contributed by atoms with Gasteiger partial charge in [-0.3, -0.25) is 4.79 Å². The molecule has 1 saturated heterocycles.